The van der Waals surface area contributed by atoms with Crippen LogP contribution in [0.3, 0.4) is 0 Å². The van der Waals surface area contributed by atoms with Crippen LogP contribution in [0, 0.1) is 0 Å². The molecular weight excluding hydrogens is 135 g/mol. The predicted octanol–water partition coefficient (Wildman–Crippen LogP) is -0.496. The van der Waals surface area contributed by atoms with Crippen molar-refractivity contribution in [2.45, 2.75) is 0 Å². The van der Waals surface area contributed by atoms with Gasteiger partial charge in [0, 0.05) is 7.11 Å². The second-order valence-electron chi connectivity index (χ2n) is 0.716. The Morgan fingerprint density at radius 3 is 2.14 bits per heavy atom. The van der Waals surface area contributed by atoms with E-state index in [1.807, 2.05) is 0 Å². The fourth-order valence-electron chi connectivity index (χ4n) is 0.0913. The summed E-state index contributed by atoms with van der Waals surface area (Å²) in [7, 11) is 1.55. The van der Waals surface area contributed by atoms with E-state index in [0.29, 0.717) is 6.61 Å². The van der Waals surface area contributed by atoms with Gasteiger partial charge in [-0.1, -0.05) is 0 Å². The number of aliphatic hydroxyl groups excluding tert-OH is 1. The summed E-state index contributed by atoms with van der Waals surface area (Å²) in [5, 5.41) is 7.94. The molecule has 0 radical (unpaired) electrons. The molecule has 0 heterocycles. The van der Waals surface area contributed by atoms with Crippen LogP contribution in [0.5, 0.6) is 0 Å². The van der Waals surface area contributed by atoms with E-state index in [-0.39, 0.29) is 6.61 Å². The molecule has 0 rings (SSSR count). The number of methoxy groups -OCH3 is 1. The van der Waals surface area contributed by atoms with Crippen molar-refractivity contribution in [1.82, 2.24) is 0 Å². The minimum atomic E-state index is 0.122. The van der Waals surface area contributed by atoms with E-state index in [2.05, 4.69) is 4.74 Å². The molecule has 1 N–H and O–H groups in total. The molecule has 0 saturated heterocycles. The molecule has 43 valence electrons. The molecule has 0 aromatic heterocycles. The first-order valence-corrected chi connectivity index (χ1v) is 2.27. The van der Waals surface area contributed by atoms with Crippen LogP contribution in [0.2, 0.25) is 0 Å². The summed E-state index contributed by atoms with van der Waals surface area (Å²) in [5.74, 6) is 0. The zero-order chi connectivity index (χ0) is 6.12. The molecule has 3 nitrogen and oxygen atoms in total. The molecule has 0 saturated carbocycles. The third-order valence-corrected chi connectivity index (χ3v) is 0.295. The van der Waals surface area contributed by atoms with E-state index in [1.165, 1.54) is 0 Å². The van der Waals surface area contributed by atoms with Gasteiger partial charge in [-0.15, -0.1) is 0 Å². The molecule has 0 atom stereocenters. The van der Waals surface area contributed by atoms with Gasteiger partial charge in [0.15, 0.2) is 0 Å². The Hall–Kier alpha value is 0.304. The van der Waals surface area contributed by atoms with Crippen molar-refractivity contribution in [3.05, 3.63) is 0 Å². The van der Waals surface area contributed by atoms with Gasteiger partial charge in [-0.25, -0.2) is 0 Å². The van der Waals surface area contributed by atoms with Gasteiger partial charge >= 0.3 is 21.0 Å². The average molecular weight is 143 g/mol. The van der Waals surface area contributed by atoms with Crippen molar-refractivity contribution in [3.63, 3.8) is 0 Å². The van der Waals surface area contributed by atoms with E-state index in [1.54, 1.807) is 7.11 Å². The first-order chi connectivity index (χ1) is 3.41. The molecule has 0 bridgehead atoms. The zero-order valence-corrected chi connectivity index (χ0v) is 5.52. The molecule has 0 aromatic rings. The Kier molecular flexibility index (Phi) is 23.9. The zero-order valence-electron chi connectivity index (χ0n) is 4.13. The molecule has 0 aliphatic carbocycles. The molecule has 0 aliphatic rings. The summed E-state index contributed by atoms with van der Waals surface area (Å²) < 4.78 is 12.6. The fourth-order valence-corrected chi connectivity index (χ4v) is 0.0913. The molecule has 7 heavy (non-hydrogen) atoms. The van der Waals surface area contributed by atoms with E-state index < -0.39 is 0 Å². The maximum atomic E-state index is 8.19. The number of aliphatic hydroxyl groups is 1. The van der Waals surface area contributed by atoms with Crippen LogP contribution >= 0.6 is 0 Å². The number of hydrogen-bond acceptors (Lipinski definition) is 3. The van der Waals surface area contributed by atoms with Gasteiger partial charge in [0.1, 0.15) is 0 Å². The predicted molar refractivity (Wildman–Crippen MR) is 19.6 cm³/mol. The van der Waals surface area contributed by atoms with Crippen molar-refractivity contribution in [2.24, 2.45) is 0 Å². The van der Waals surface area contributed by atoms with Crippen LogP contribution in [-0.4, -0.2) is 25.4 Å². The molecular formula is C3H8O3V. The van der Waals surface area contributed by atoms with Crippen LogP contribution in [0.1, 0.15) is 0 Å². The standard InChI is InChI=1S/C3H8O2.O.V/c1-5-3-2-4;;/h4H,2-3H2,1H3;;. The van der Waals surface area contributed by atoms with E-state index in [0.717, 1.165) is 17.4 Å². The fraction of sp³-hybridized carbons (Fsp3) is 1.00. The van der Waals surface area contributed by atoms with Crippen LogP contribution in [0.4, 0.5) is 0 Å². The van der Waals surface area contributed by atoms with Crippen LogP contribution in [0.25, 0.3) is 0 Å². The second-order valence-corrected chi connectivity index (χ2v) is 0.716. The summed E-state index contributed by atoms with van der Waals surface area (Å²) in [6.45, 7) is 0.566. The molecule has 0 aliphatic heterocycles. The van der Waals surface area contributed by atoms with Gasteiger partial charge in [0.2, 0.25) is 0 Å². The van der Waals surface area contributed by atoms with Crippen molar-refractivity contribution in [2.75, 3.05) is 20.3 Å². The summed E-state index contributed by atoms with van der Waals surface area (Å²) in [6, 6.07) is 0. The minimum absolute atomic E-state index is 0.122. The van der Waals surface area contributed by atoms with Crippen LogP contribution in [0.15, 0.2) is 0 Å². The quantitative estimate of drug-likeness (QED) is 0.567. The summed E-state index contributed by atoms with van der Waals surface area (Å²) in [6.07, 6.45) is 0. The third kappa shape index (κ3) is 22.0. The Balaban J connectivity index is 0. The summed E-state index contributed by atoms with van der Waals surface area (Å²) in [4.78, 5) is 0. The van der Waals surface area contributed by atoms with E-state index >= 15 is 0 Å². The molecule has 4 heteroatoms. The van der Waals surface area contributed by atoms with Crippen molar-refractivity contribution >= 4 is 0 Å². The van der Waals surface area contributed by atoms with Gasteiger partial charge in [-0.3, -0.25) is 0 Å². The van der Waals surface area contributed by atoms with Crippen molar-refractivity contribution in [3.8, 4) is 0 Å². The van der Waals surface area contributed by atoms with Gasteiger partial charge in [0.25, 0.3) is 0 Å². The monoisotopic (exact) mass is 143 g/mol. The Labute approximate surface area is 51.9 Å². The van der Waals surface area contributed by atoms with Gasteiger partial charge in [-0.05, 0) is 0 Å². The SMILES string of the molecule is COCCO.[O]=[V]. The van der Waals surface area contributed by atoms with Crippen LogP contribution < -0.4 is 0 Å². The van der Waals surface area contributed by atoms with Gasteiger partial charge < -0.3 is 9.84 Å². The molecule has 0 amide bonds. The van der Waals surface area contributed by atoms with Gasteiger partial charge in [0.05, 0.1) is 13.2 Å². The van der Waals surface area contributed by atoms with E-state index in [4.69, 9.17) is 8.78 Å². The number of rotatable bonds is 2. The number of ether oxygens (including phenoxy) is 1. The normalized spacial score (nSPS) is 6.43. The van der Waals surface area contributed by atoms with Crippen LogP contribution in [-0.2, 0) is 25.8 Å². The molecule has 0 unspecified atom stereocenters. The Morgan fingerprint density at radius 2 is 2.14 bits per heavy atom. The van der Waals surface area contributed by atoms with Crippen molar-refractivity contribution in [1.29, 1.82) is 0 Å². The summed E-state index contributed by atoms with van der Waals surface area (Å²) in [5.41, 5.74) is 0. The van der Waals surface area contributed by atoms with E-state index in [9.17, 15) is 0 Å². The second kappa shape index (κ2) is 16.2. The first kappa shape index (κ1) is 10.3. The molecule has 0 aromatic carbocycles. The first-order valence-electron chi connectivity index (χ1n) is 1.70. The summed E-state index contributed by atoms with van der Waals surface area (Å²) >= 11 is 1.06. The molecule has 0 spiro atoms. The van der Waals surface area contributed by atoms with Gasteiger partial charge in [-0.2, -0.15) is 0 Å². The third-order valence-electron chi connectivity index (χ3n) is 0.295. The topological polar surface area (TPSA) is 46.5 Å². The number of hydrogen-bond donors (Lipinski definition) is 1. The average Bonchev–Trinajstić information content (AvgIpc) is 1.75. The Morgan fingerprint density at radius 1 is 1.71 bits per heavy atom. The molecule has 0 fully saturated rings. The maximum absolute atomic E-state index is 8.19. The van der Waals surface area contributed by atoms with Crippen molar-refractivity contribution < 1.29 is 30.9 Å². The Bertz CT molecular complexity index is 24.1.